The summed E-state index contributed by atoms with van der Waals surface area (Å²) in [5.41, 5.74) is 9.94. The number of pyridine rings is 2. The second-order valence-corrected chi connectivity index (χ2v) is 6.38. The first-order valence-electron chi connectivity index (χ1n) is 9.10. The smallest absolute Gasteiger partial charge is 0.119 e. The molecule has 0 atom stereocenters. The van der Waals surface area contributed by atoms with Crippen molar-refractivity contribution in [3.63, 3.8) is 0 Å². The van der Waals surface area contributed by atoms with Gasteiger partial charge in [-0.3, -0.25) is 14.9 Å². The summed E-state index contributed by atoms with van der Waals surface area (Å²) in [6, 6.07) is 19.5. The molecule has 3 rings (SSSR count). The Hall–Kier alpha value is -3.38. The summed E-state index contributed by atoms with van der Waals surface area (Å²) < 4.78 is 5.17. The zero-order chi connectivity index (χ0) is 19.6. The molecule has 3 aromatic rings. The zero-order valence-electron chi connectivity index (χ0n) is 16.0. The van der Waals surface area contributed by atoms with Gasteiger partial charge in [-0.05, 0) is 48.5 Å². The predicted molar refractivity (Wildman–Crippen MR) is 111 cm³/mol. The number of methoxy groups -OCH3 is 1. The minimum Gasteiger partial charge on any atom is -0.497 e. The molecule has 6 heteroatoms. The minimum atomic E-state index is 0.594. The van der Waals surface area contributed by atoms with E-state index >= 15 is 0 Å². The van der Waals surface area contributed by atoms with Crippen molar-refractivity contribution in [2.24, 2.45) is 5.73 Å². The van der Waals surface area contributed by atoms with Gasteiger partial charge in [0.15, 0.2) is 0 Å². The van der Waals surface area contributed by atoms with Crippen molar-refractivity contribution >= 4 is 5.69 Å². The van der Waals surface area contributed by atoms with E-state index in [0.29, 0.717) is 19.6 Å². The third-order valence-electron chi connectivity index (χ3n) is 4.14. The highest BCUT2D eigenvalue weighted by molar-refractivity contribution is 5.48. The lowest BCUT2D eigenvalue weighted by molar-refractivity contribution is 0.272. The number of aromatic nitrogens is 2. The summed E-state index contributed by atoms with van der Waals surface area (Å²) >= 11 is 0. The Morgan fingerprint density at radius 1 is 0.964 bits per heavy atom. The van der Waals surface area contributed by atoms with E-state index in [1.165, 1.54) is 0 Å². The number of ether oxygens (including phenoxy) is 1. The maximum absolute atomic E-state index is 6.28. The van der Waals surface area contributed by atoms with Crippen molar-refractivity contribution in [2.45, 2.75) is 13.1 Å². The summed E-state index contributed by atoms with van der Waals surface area (Å²) in [5.74, 6) is 0.819. The van der Waals surface area contributed by atoms with Crippen LogP contribution in [0.4, 0.5) is 5.69 Å². The van der Waals surface area contributed by atoms with Gasteiger partial charge in [0.2, 0.25) is 0 Å². The first-order chi connectivity index (χ1) is 13.7. The average Bonchev–Trinajstić information content (AvgIpc) is 2.74. The van der Waals surface area contributed by atoms with Gasteiger partial charge in [0, 0.05) is 49.6 Å². The van der Waals surface area contributed by atoms with Crippen LogP contribution in [0.15, 0.2) is 85.0 Å². The van der Waals surface area contributed by atoms with E-state index < -0.39 is 0 Å². The van der Waals surface area contributed by atoms with E-state index in [0.717, 1.165) is 28.5 Å². The Labute approximate surface area is 165 Å². The zero-order valence-corrected chi connectivity index (χ0v) is 16.0. The van der Waals surface area contributed by atoms with Crippen molar-refractivity contribution in [2.75, 3.05) is 19.0 Å². The summed E-state index contributed by atoms with van der Waals surface area (Å²) in [5, 5.41) is 3.23. The second-order valence-electron chi connectivity index (χ2n) is 6.38. The Balaban J connectivity index is 1.66. The molecule has 28 heavy (non-hydrogen) atoms. The summed E-state index contributed by atoms with van der Waals surface area (Å²) in [7, 11) is 1.65. The largest absolute Gasteiger partial charge is 0.497 e. The lowest BCUT2D eigenvalue weighted by Crippen LogP contribution is -2.28. The van der Waals surface area contributed by atoms with Crippen LogP contribution in [0.25, 0.3) is 0 Å². The molecule has 0 aliphatic carbocycles. The van der Waals surface area contributed by atoms with E-state index in [-0.39, 0.29) is 0 Å². The third-order valence-corrected chi connectivity index (χ3v) is 4.14. The number of nitrogens with two attached hydrogens (primary N) is 1. The quantitative estimate of drug-likeness (QED) is 0.597. The molecule has 1 aromatic carbocycles. The van der Waals surface area contributed by atoms with Crippen LogP contribution in [-0.4, -0.2) is 28.5 Å². The van der Waals surface area contributed by atoms with Gasteiger partial charge >= 0.3 is 0 Å². The van der Waals surface area contributed by atoms with Crippen LogP contribution in [-0.2, 0) is 13.1 Å². The number of nitrogens with zero attached hydrogens (tertiary/aromatic N) is 3. The number of rotatable bonds is 9. The van der Waals surface area contributed by atoms with Crippen molar-refractivity contribution < 1.29 is 4.74 Å². The highest BCUT2D eigenvalue weighted by atomic mass is 16.5. The van der Waals surface area contributed by atoms with E-state index in [4.69, 9.17) is 10.5 Å². The van der Waals surface area contributed by atoms with Crippen LogP contribution < -0.4 is 15.8 Å². The van der Waals surface area contributed by atoms with E-state index in [9.17, 15) is 0 Å². The number of nitrogens with one attached hydrogen (secondary N) is 1. The molecular weight excluding hydrogens is 350 g/mol. The molecule has 2 heterocycles. The molecule has 0 aliphatic rings. The van der Waals surface area contributed by atoms with Gasteiger partial charge in [0.1, 0.15) is 5.75 Å². The van der Waals surface area contributed by atoms with Gasteiger partial charge < -0.3 is 15.8 Å². The fraction of sp³-hybridized carbons (Fsp3) is 0.182. The van der Waals surface area contributed by atoms with Crippen LogP contribution in [0.2, 0.25) is 0 Å². The monoisotopic (exact) mass is 375 g/mol. The molecule has 0 unspecified atom stereocenters. The van der Waals surface area contributed by atoms with E-state index in [1.54, 1.807) is 19.5 Å². The van der Waals surface area contributed by atoms with Crippen LogP contribution in [0.1, 0.15) is 11.4 Å². The molecule has 144 valence electrons. The van der Waals surface area contributed by atoms with Crippen LogP contribution in [0, 0.1) is 0 Å². The molecule has 0 saturated carbocycles. The molecule has 6 nitrogen and oxygen atoms in total. The Kier molecular flexibility index (Phi) is 6.98. The summed E-state index contributed by atoms with van der Waals surface area (Å²) in [6.45, 7) is 1.97. The lowest BCUT2D eigenvalue weighted by atomic mass is 10.2. The van der Waals surface area contributed by atoms with Crippen LogP contribution in [0.3, 0.4) is 0 Å². The van der Waals surface area contributed by atoms with Crippen LogP contribution in [0.5, 0.6) is 5.75 Å². The molecule has 0 fully saturated rings. The maximum atomic E-state index is 6.28. The molecular formula is C22H25N5O. The second kappa shape index (κ2) is 10.1. The van der Waals surface area contributed by atoms with Gasteiger partial charge in [-0.15, -0.1) is 0 Å². The van der Waals surface area contributed by atoms with Gasteiger partial charge in [-0.2, -0.15) is 0 Å². The SMILES string of the molecule is COc1ccc(N/C=C(\N)CN(Cc2ccccn2)Cc2ccccn2)cc1. The highest BCUT2D eigenvalue weighted by Gasteiger charge is 2.10. The third kappa shape index (κ3) is 6.10. The fourth-order valence-corrected chi connectivity index (χ4v) is 2.78. The first kappa shape index (κ1) is 19.4. The molecule has 0 bridgehead atoms. The van der Waals surface area contributed by atoms with Gasteiger partial charge in [-0.25, -0.2) is 0 Å². The maximum Gasteiger partial charge on any atom is 0.119 e. The number of anilines is 1. The van der Waals surface area contributed by atoms with Crippen molar-refractivity contribution in [3.8, 4) is 5.75 Å². The fourth-order valence-electron chi connectivity index (χ4n) is 2.78. The molecule has 0 amide bonds. The topological polar surface area (TPSA) is 76.3 Å². The van der Waals surface area contributed by atoms with Crippen molar-refractivity contribution in [3.05, 3.63) is 96.3 Å². The van der Waals surface area contributed by atoms with Gasteiger partial charge in [-0.1, -0.05) is 12.1 Å². The Bertz CT molecular complexity index is 825. The van der Waals surface area contributed by atoms with Gasteiger partial charge in [0.25, 0.3) is 0 Å². The van der Waals surface area contributed by atoms with Gasteiger partial charge in [0.05, 0.1) is 18.5 Å². The standard InChI is InChI=1S/C22H25N5O/c1-28-22-10-8-19(9-11-22)26-14-18(23)15-27(16-20-6-2-4-12-24-20)17-21-7-3-5-13-25-21/h2-14,26H,15-17,23H2,1H3/b18-14-. The lowest BCUT2D eigenvalue weighted by Gasteiger charge is -2.22. The molecule has 0 radical (unpaired) electrons. The average molecular weight is 375 g/mol. The summed E-state index contributed by atoms with van der Waals surface area (Å²) in [4.78, 5) is 11.1. The minimum absolute atomic E-state index is 0.594. The molecule has 3 N–H and O–H groups in total. The Morgan fingerprint density at radius 3 is 2.07 bits per heavy atom. The molecule has 2 aromatic heterocycles. The molecule has 0 spiro atoms. The predicted octanol–water partition coefficient (Wildman–Crippen LogP) is 3.40. The number of hydrogen-bond acceptors (Lipinski definition) is 6. The van der Waals surface area contributed by atoms with Crippen molar-refractivity contribution in [1.29, 1.82) is 0 Å². The van der Waals surface area contributed by atoms with E-state index in [1.807, 2.05) is 66.9 Å². The summed E-state index contributed by atoms with van der Waals surface area (Å²) in [6.07, 6.45) is 5.43. The molecule has 0 saturated heterocycles. The highest BCUT2D eigenvalue weighted by Crippen LogP contribution is 2.15. The number of benzene rings is 1. The van der Waals surface area contributed by atoms with Crippen LogP contribution >= 0.6 is 0 Å². The normalized spacial score (nSPS) is 11.4. The van der Waals surface area contributed by atoms with Crippen molar-refractivity contribution in [1.82, 2.24) is 14.9 Å². The Morgan fingerprint density at radius 2 is 1.57 bits per heavy atom. The first-order valence-corrected chi connectivity index (χ1v) is 9.10. The van der Waals surface area contributed by atoms with E-state index in [2.05, 4.69) is 20.2 Å². The molecule has 0 aliphatic heterocycles. The number of hydrogen-bond donors (Lipinski definition) is 2.